The van der Waals surface area contributed by atoms with Crippen molar-refractivity contribution in [2.75, 3.05) is 13.2 Å². The summed E-state index contributed by atoms with van der Waals surface area (Å²) in [6.07, 6.45) is 4.58. The Bertz CT molecular complexity index is 499. The number of ether oxygens (including phenoxy) is 1. The lowest BCUT2D eigenvalue weighted by molar-refractivity contribution is -0.175. The van der Waals surface area contributed by atoms with Gasteiger partial charge < -0.3 is 15.8 Å². The molecule has 2 heterocycles. The highest BCUT2D eigenvalue weighted by Gasteiger charge is 2.71. The topological polar surface area (TPSA) is 82.2 Å². The van der Waals surface area contributed by atoms with Gasteiger partial charge in [0, 0.05) is 36.9 Å². The number of carbonyl (C=O) groups excluding carboxylic acids is 1. The summed E-state index contributed by atoms with van der Waals surface area (Å²) in [7, 11) is 0. The number of aromatic nitrogens is 2. The summed E-state index contributed by atoms with van der Waals surface area (Å²) in [5.41, 5.74) is 5.32. The highest BCUT2D eigenvalue weighted by atomic mass is 16.5. The number of nitrogens with two attached hydrogens (primary N) is 1. The SMILES string of the molecule is CC1(C)C2OCCC2C1(N)C(=O)NCCn1cccn1. The second-order valence-corrected chi connectivity index (χ2v) is 6.30. The van der Waals surface area contributed by atoms with Crippen LogP contribution in [0.3, 0.4) is 0 Å². The third-order valence-electron chi connectivity index (χ3n) is 5.02. The summed E-state index contributed by atoms with van der Waals surface area (Å²) in [5.74, 6) is 0.0728. The Balaban J connectivity index is 1.61. The normalized spacial score (nSPS) is 34.4. The van der Waals surface area contributed by atoms with Gasteiger partial charge in [-0.2, -0.15) is 5.10 Å². The predicted molar refractivity (Wildman–Crippen MR) is 73.8 cm³/mol. The van der Waals surface area contributed by atoms with Crippen molar-refractivity contribution >= 4 is 5.91 Å². The summed E-state index contributed by atoms with van der Waals surface area (Å²) in [4.78, 5) is 12.5. The van der Waals surface area contributed by atoms with Gasteiger partial charge in [-0.25, -0.2) is 0 Å². The molecule has 3 unspecified atom stereocenters. The van der Waals surface area contributed by atoms with Gasteiger partial charge >= 0.3 is 0 Å². The molecule has 6 heteroatoms. The van der Waals surface area contributed by atoms with Crippen molar-refractivity contribution in [1.82, 2.24) is 15.1 Å². The summed E-state index contributed by atoms with van der Waals surface area (Å²) < 4.78 is 7.49. The van der Waals surface area contributed by atoms with E-state index in [-0.39, 0.29) is 23.3 Å². The molecule has 1 aliphatic heterocycles. The first-order valence-corrected chi connectivity index (χ1v) is 7.14. The summed E-state index contributed by atoms with van der Waals surface area (Å²) in [5, 5.41) is 7.06. The van der Waals surface area contributed by atoms with Crippen LogP contribution >= 0.6 is 0 Å². The van der Waals surface area contributed by atoms with Crippen molar-refractivity contribution in [2.45, 2.75) is 38.5 Å². The fourth-order valence-electron chi connectivity index (χ4n) is 3.71. The molecule has 0 bridgehead atoms. The maximum Gasteiger partial charge on any atom is 0.241 e. The van der Waals surface area contributed by atoms with Crippen LogP contribution in [0, 0.1) is 11.3 Å². The largest absolute Gasteiger partial charge is 0.377 e. The van der Waals surface area contributed by atoms with Crippen LogP contribution in [0.1, 0.15) is 20.3 Å². The Morgan fingerprint density at radius 1 is 1.60 bits per heavy atom. The number of nitrogens with one attached hydrogen (secondary N) is 1. The molecule has 110 valence electrons. The van der Waals surface area contributed by atoms with E-state index in [2.05, 4.69) is 10.4 Å². The number of nitrogens with zero attached hydrogens (tertiary/aromatic N) is 2. The van der Waals surface area contributed by atoms with Gasteiger partial charge in [-0.15, -0.1) is 0 Å². The van der Waals surface area contributed by atoms with E-state index in [0.29, 0.717) is 19.7 Å². The molecule has 1 saturated heterocycles. The number of rotatable bonds is 4. The summed E-state index contributed by atoms with van der Waals surface area (Å²) in [6, 6.07) is 1.86. The first kappa shape index (κ1) is 13.6. The van der Waals surface area contributed by atoms with Crippen molar-refractivity contribution in [3.05, 3.63) is 18.5 Å². The average molecular weight is 278 g/mol. The predicted octanol–water partition coefficient (Wildman–Crippen LogP) is 0.142. The first-order chi connectivity index (χ1) is 9.48. The molecule has 6 nitrogen and oxygen atoms in total. The van der Waals surface area contributed by atoms with E-state index in [0.717, 1.165) is 6.42 Å². The zero-order chi connectivity index (χ0) is 14.4. The Morgan fingerprint density at radius 2 is 2.40 bits per heavy atom. The van der Waals surface area contributed by atoms with Gasteiger partial charge in [-0.1, -0.05) is 13.8 Å². The van der Waals surface area contributed by atoms with Crippen LogP contribution in [0.25, 0.3) is 0 Å². The van der Waals surface area contributed by atoms with E-state index < -0.39 is 5.54 Å². The molecule has 2 fully saturated rings. The molecule has 1 saturated carbocycles. The van der Waals surface area contributed by atoms with Gasteiger partial charge in [0.05, 0.1) is 12.6 Å². The lowest BCUT2D eigenvalue weighted by Gasteiger charge is -2.60. The minimum Gasteiger partial charge on any atom is -0.377 e. The zero-order valence-electron chi connectivity index (χ0n) is 12.0. The maximum absolute atomic E-state index is 12.5. The van der Waals surface area contributed by atoms with Gasteiger partial charge in [0.25, 0.3) is 0 Å². The zero-order valence-corrected chi connectivity index (χ0v) is 12.0. The Morgan fingerprint density at radius 3 is 3.10 bits per heavy atom. The molecule has 3 rings (SSSR count). The lowest BCUT2D eigenvalue weighted by Crippen LogP contribution is -2.80. The van der Waals surface area contributed by atoms with Gasteiger partial charge in [0.1, 0.15) is 5.54 Å². The fourth-order valence-corrected chi connectivity index (χ4v) is 3.71. The van der Waals surface area contributed by atoms with Crippen molar-refractivity contribution < 1.29 is 9.53 Å². The molecular weight excluding hydrogens is 256 g/mol. The molecule has 0 radical (unpaired) electrons. The van der Waals surface area contributed by atoms with Crippen LogP contribution in [-0.4, -0.2) is 40.5 Å². The highest BCUT2D eigenvalue weighted by Crippen LogP contribution is 2.58. The quantitative estimate of drug-likeness (QED) is 0.821. The molecule has 3 N–H and O–H groups in total. The van der Waals surface area contributed by atoms with Crippen LogP contribution in [0.2, 0.25) is 0 Å². The van der Waals surface area contributed by atoms with Crippen molar-refractivity contribution in [3.8, 4) is 0 Å². The molecule has 1 aliphatic carbocycles. The van der Waals surface area contributed by atoms with Crippen molar-refractivity contribution in [1.29, 1.82) is 0 Å². The van der Waals surface area contributed by atoms with Crippen LogP contribution < -0.4 is 11.1 Å². The number of hydrogen-bond donors (Lipinski definition) is 2. The van der Waals surface area contributed by atoms with Crippen LogP contribution in [-0.2, 0) is 16.1 Å². The number of hydrogen-bond acceptors (Lipinski definition) is 4. The highest BCUT2D eigenvalue weighted by molar-refractivity contribution is 5.89. The number of fused-ring (bicyclic) bond motifs is 1. The molecule has 1 amide bonds. The van der Waals surface area contributed by atoms with Crippen molar-refractivity contribution in [2.24, 2.45) is 17.1 Å². The Hall–Kier alpha value is -1.40. The molecule has 0 spiro atoms. The monoisotopic (exact) mass is 278 g/mol. The second kappa shape index (κ2) is 4.56. The fraction of sp³-hybridized carbons (Fsp3) is 0.714. The third-order valence-corrected chi connectivity index (χ3v) is 5.02. The van der Waals surface area contributed by atoms with E-state index in [9.17, 15) is 4.79 Å². The van der Waals surface area contributed by atoms with Crippen LogP contribution in [0.15, 0.2) is 18.5 Å². The smallest absolute Gasteiger partial charge is 0.241 e. The van der Waals surface area contributed by atoms with E-state index in [1.807, 2.05) is 26.1 Å². The van der Waals surface area contributed by atoms with Crippen LogP contribution in [0.4, 0.5) is 0 Å². The van der Waals surface area contributed by atoms with Gasteiger partial charge in [-0.05, 0) is 12.5 Å². The van der Waals surface area contributed by atoms with Gasteiger partial charge in [-0.3, -0.25) is 9.48 Å². The molecule has 2 aliphatic rings. The summed E-state index contributed by atoms with van der Waals surface area (Å²) >= 11 is 0. The lowest BCUT2D eigenvalue weighted by atomic mass is 9.48. The Labute approximate surface area is 118 Å². The van der Waals surface area contributed by atoms with Crippen molar-refractivity contribution in [3.63, 3.8) is 0 Å². The molecule has 3 atom stereocenters. The van der Waals surface area contributed by atoms with Gasteiger partial charge in [0.15, 0.2) is 0 Å². The molecular formula is C14H22N4O2. The molecule has 20 heavy (non-hydrogen) atoms. The van der Waals surface area contributed by atoms with E-state index in [4.69, 9.17) is 10.5 Å². The molecule has 0 aromatic carbocycles. The minimum atomic E-state index is -0.821. The first-order valence-electron chi connectivity index (χ1n) is 7.14. The number of amides is 1. The van der Waals surface area contributed by atoms with E-state index >= 15 is 0 Å². The molecule has 1 aromatic heterocycles. The maximum atomic E-state index is 12.5. The summed E-state index contributed by atoms with van der Waals surface area (Å²) in [6.45, 7) is 5.94. The molecule has 1 aromatic rings. The standard InChI is InChI=1S/C14H22N4O2/c1-13(2)11-10(4-9-20-11)14(13,15)12(19)16-6-8-18-7-3-5-17-18/h3,5,7,10-11H,4,6,8-9,15H2,1-2H3,(H,16,19). The van der Waals surface area contributed by atoms with Gasteiger partial charge in [0.2, 0.25) is 5.91 Å². The third kappa shape index (κ3) is 1.71. The van der Waals surface area contributed by atoms with E-state index in [1.54, 1.807) is 10.9 Å². The Kier molecular flexibility index (Phi) is 3.10. The van der Waals surface area contributed by atoms with Crippen LogP contribution in [0.5, 0.6) is 0 Å². The minimum absolute atomic E-state index is 0.0681. The van der Waals surface area contributed by atoms with E-state index in [1.165, 1.54) is 0 Å². The second-order valence-electron chi connectivity index (χ2n) is 6.30. The average Bonchev–Trinajstić information content (AvgIpc) is 3.07. The number of carbonyl (C=O) groups is 1.